The number of benzene rings is 1. The van der Waals surface area contributed by atoms with Crippen LogP contribution in [-0.2, 0) is 12.7 Å². The van der Waals surface area contributed by atoms with Crippen molar-refractivity contribution in [3.05, 3.63) is 75.5 Å². The summed E-state index contributed by atoms with van der Waals surface area (Å²) in [5, 5.41) is 38.4. The van der Waals surface area contributed by atoms with Gasteiger partial charge in [0.05, 0.1) is 33.6 Å². The number of carbonyl (C=O) groups is 2. The first-order chi connectivity index (χ1) is 20.0. The zero-order valence-corrected chi connectivity index (χ0v) is 22.3. The molecule has 0 bridgehead atoms. The highest BCUT2D eigenvalue weighted by Gasteiger charge is 2.38. The number of tetrazole rings is 1. The Kier molecular flexibility index (Phi) is 7.63. The Bertz CT molecular complexity index is 1730. The number of hydrogen-bond donors (Lipinski definition) is 3. The normalized spacial score (nSPS) is 16.1. The molecular formula is C25H20ClF3N10O3. The predicted octanol–water partition coefficient (Wildman–Crippen LogP) is 2.52. The summed E-state index contributed by atoms with van der Waals surface area (Å²) >= 11 is 6.30. The minimum atomic E-state index is -4.80. The molecule has 0 unspecified atom stereocenters. The largest absolute Gasteiger partial charge is 0.455 e. The van der Waals surface area contributed by atoms with Crippen LogP contribution in [0, 0.1) is 24.2 Å². The third-order valence-electron chi connectivity index (χ3n) is 6.36. The first-order valence-corrected chi connectivity index (χ1v) is 12.7. The number of alkyl halides is 3. The van der Waals surface area contributed by atoms with Crippen LogP contribution in [0.25, 0.3) is 5.82 Å². The molecule has 2 atom stereocenters. The van der Waals surface area contributed by atoms with Gasteiger partial charge in [0.1, 0.15) is 12.2 Å². The molecule has 5 rings (SSSR count). The fourth-order valence-electron chi connectivity index (χ4n) is 4.18. The van der Waals surface area contributed by atoms with E-state index in [0.29, 0.717) is 16.8 Å². The molecule has 42 heavy (non-hydrogen) atoms. The zero-order valence-electron chi connectivity index (χ0n) is 21.6. The molecule has 13 nitrogen and oxygen atoms in total. The topological polar surface area (TPSA) is 177 Å². The molecule has 3 heterocycles. The van der Waals surface area contributed by atoms with Crippen molar-refractivity contribution in [2.45, 2.75) is 32.1 Å². The van der Waals surface area contributed by atoms with Gasteiger partial charge in [0.25, 0.3) is 17.6 Å². The van der Waals surface area contributed by atoms with Crippen molar-refractivity contribution in [2.75, 3.05) is 11.9 Å². The van der Waals surface area contributed by atoms with Crippen molar-refractivity contribution >= 4 is 29.1 Å². The molecular weight excluding hydrogens is 581 g/mol. The van der Waals surface area contributed by atoms with Gasteiger partial charge in [-0.15, -0.1) is 10.2 Å². The van der Waals surface area contributed by atoms with E-state index >= 15 is 0 Å². The maximum Gasteiger partial charge on any atom is 0.455 e. The predicted molar refractivity (Wildman–Crippen MR) is 139 cm³/mol. The average molecular weight is 601 g/mol. The lowest BCUT2D eigenvalue weighted by Gasteiger charge is -2.15. The molecule has 2 amide bonds. The van der Waals surface area contributed by atoms with E-state index in [4.69, 9.17) is 11.6 Å². The number of halogens is 4. The van der Waals surface area contributed by atoms with Gasteiger partial charge in [0, 0.05) is 24.8 Å². The third kappa shape index (κ3) is 5.92. The number of anilines is 1. The number of pyridine rings is 1. The Balaban J connectivity index is 1.50. The second-order valence-corrected chi connectivity index (χ2v) is 9.83. The summed E-state index contributed by atoms with van der Waals surface area (Å²) in [5.74, 6) is -2.77. The van der Waals surface area contributed by atoms with Gasteiger partial charge in [-0.1, -0.05) is 11.6 Å². The molecule has 1 saturated carbocycles. The number of nitrogens with one attached hydrogen (secondary N) is 2. The van der Waals surface area contributed by atoms with Gasteiger partial charge in [-0.25, -0.2) is 9.67 Å². The minimum Gasteiger partial charge on any atom is -0.396 e. The average Bonchev–Trinajstić information content (AvgIpc) is 3.30. The van der Waals surface area contributed by atoms with E-state index in [2.05, 4.69) is 36.1 Å². The second kappa shape index (κ2) is 11.2. The number of aliphatic hydroxyl groups excluding tert-OH is 1. The van der Waals surface area contributed by atoms with Crippen molar-refractivity contribution in [3.8, 4) is 11.9 Å². The van der Waals surface area contributed by atoms with Crippen LogP contribution in [0.15, 0.2) is 36.5 Å². The van der Waals surface area contributed by atoms with Crippen LogP contribution >= 0.6 is 11.6 Å². The van der Waals surface area contributed by atoms with E-state index in [-0.39, 0.29) is 64.2 Å². The zero-order chi connectivity index (χ0) is 30.2. The van der Waals surface area contributed by atoms with Crippen LogP contribution in [0.4, 0.5) is 18.9 Å². The Labute approximate surface area is 239 Å². The van der Waals surface area contributed by atoms with E-state index in [1.165, 1.54) is 30.5 Å². The number of nitriles is 1. The van der Waals surface area contributed by atoms with Crippen molar-refractivity contribution in [2.24, 2.45) is 5.92 Å². The molecule has 0 spiro atoms. The lowest BCUT2D eigenvalue weighted by Crippen LogP contribution is -2.29. The number of aromatic nitrogens is 7. The number of hydrogen-bond acceptors (Lipinski definition) is 9. The minimum absolute atomic E-state index is 0.0251. The van der Waals surface area contributed by atoms with Gasteiger partial charge in [0.2, 0.25) is 0 Å². The third-order valence-corrected chi connectivity index (χ3v) is 6.66. The summed E-state index contributed by atoms with van der Waals surface area (Å²) in [6, 6.07) is 8.91. The van der Waals surface area contributed by atoms with Gasteiger partial charge in [-0.05, 0) is 54.5 Å². The number of amides is 2. The van der Waals surface area contributed by atoms with Crippen LogP contribution in [-0.4, -0.2) is 64.5 Å². The van der Waals surface area contributed by atoms with E-state index in [0.717, 1.165) is 4.68 Å². The van der Waals surface area contributed by atoms with Gasteiger partial charge in [-0.2, -0.15) is 28.3 Å². The number of aliphatic hydroxyl groups is 1. The van der Waals surface area contributed by atoms with E-state index in [9.17, 15) is 33.1 Å². The van der Waals surface area contributed by atoms with Gasteiger partial charge in [-0.3, -0.25) is 9.59 Å². The highest BCUT2D eigenvalue weighted by molar-refractivity contribution is 6.32. The molecule has 0 aliphatic heterocycles. The Hall–Kier alpha value is -4.88. The highest BCUT2D eigenvalue weighted by Crippen LogP contribution is 2.31. The second-order valence-electron chi connectivity index (χ2n) is 9.42. The summed E-state index contributed by atoms with van der Waals surface area (Å²) in [6.45, 7) is 1.14. The van der Waals surface area contributed by atoms with Crippen LogP contribution < -0.4 is 10.6 Å². The molecule has 216 valence electrons. The SMILES string of the molecule is Cc1cc(C#N)cc(C(=O)N[C@@H]2C[C@H]2CO)c1NC(=O)c1cc(Cn2nnc(C(F)(F)F)n2)nn1-c1ncccc1Cl. The van der Waals surface area contributed by atoms with Gasteiger partial charge in [0.15, 0.2) is 5.82 Å². The standard InChI is InChI=1S/C25H20ClF3N10O3/c1-12-5-13(9-30)6-16(22(41)32-18-7-14(18)11-40)20(12)33-23(42)19-8-15(10-38-36-24(34-37-38)25(27,28)29)35-39(19)21-17(26)3-2-4-31-21/h2-6,8,14,18,40H,7,10-11H2,1H3,(H,32,41)(H,33,42)/t14-,18+/m0/s1. The summed E-state index contributed by atoms with van der Waals surface area (Å²) in [7, 11) is 0. The quantitative estimate of drug-likeness (QED) is 0.274. The Morgan fingerprint density at radius 2 is 2.02 bits per heavy atom. The molecule has 3 aromatic heterocycles. The van der Waals surface area contributed by atoms with E-state index in [1.54, 1.807) is 13.0 Å². The lowest BCUT2D eigenvalue weighted by molar-refractivity contribution is -0.145. The summed E-state index contributed by atoms with van der Waals surface area (Å²) in [5.41, 5.74) is 0.696. The number of carbonyl (C=O) groups excluding carboxylic acids is 2. The molecule has 1 fully saturated rings. The number of aryl methyl sites for hydroxylation is 1. The molecule has 0 radical (unpaired) electrons. The molecule has 1 aliphatic carbocycles. The summed E-state index contributed by atoms with van der Waals surface area (Å²) in [6.07, 6.45) is -2.80. The van der Waals surface area contributed by atoms with Crippen LogP contribution in [0.5, 0.6) is 0 Å². The lowest BCUT2D eigenvalue weighted by atomic mass is 10.0. The van der Waals surface area contributed by atoms with Gasteiger partial charge >= 0.3 is 6.18 Å². The smallest absolute Gasteiger partial charge is 0.396 e. The molecule has 1 aromatic carbocycles. The van der Waals surface area contributed by atoms with Crippen molar-refractivity contribution in [1.29, 1.82) is 5.26 Å². The van der Waals surface area contributed by atoms with Crippen molar-refractivity contribution in [1.82, 2.24) is 40.3 Å². The Morgan fingerprint density at radius 1 is 1.24 bits per heavy atom. The van der Waals surface area contributed by atoms with E-state index < -0.39 is 23.8 Å². The molecule has 4 aromatic rings. The van der Waals surface area contributed by atoms with Crippen LogP contribution in [0.1, 0.15) is 49.9 Å². The number of rotatable bonds is 8. The fourth-order valence-corrected chi connectivity index (χ4v) is 4.38. The molecule has 3 N–H and O–H groups in total. The molecule has 17 heteroatoms. The maximum atomic E-state index is 13.7. The van der Waals surface area contributed by atoms with Crippen LogP contribution in [0.3, 0.4) is 0 Å². The van der Waals surface area contributed by atoms with Crippen LogP contribution in [0.2, 0.25) is 5.02 Å². The Morgan fingerprint density at radius 3 is 2.67 bits per heavy atom. The maximum absolute atomic E-state index is 13.7. The highest BCUT2D eigenvalue weighted by atomic mass is 35.5. The van der Waals surface area contributed by atoms with Crippen molar-refractivity contribution < 1.29 is 27.9 Å². The van der Waals surface area contributed by atoms with Gasteiger partial charge < -0.3 is 15.7 Å². The molecule has 1 aliphatic rings. The number of nitrogens with zero attached hydrogens (tertiary/aromatic N) is 8. The first-order valence-electron chi connectivity index (χ1n) is 12.3. The monoisotopic (exact) mass is 600 g/mol. The fraction of sp³-hybridized carbons (Fsp3) is 0.280. The summed E-state index contributed by atoms with van der Waals surface area (Å²) in [4.78, 5) is 31.6. The summed E-state index contributed by atoms with van der Waals surface area (Å²) < 4.78 is 39.9. The molecule has 0 saturated heterocycles. The first kappa shape index (κ1) is 28.6. The van der Waals surface area contributed by atoms with Crippen molar-refractivity contribution in [3.63, 3.8) is 0 Å². The van der Waals surface area contributed by atoms with E-state index in [1.807, 2.05) is 6.07 Å².